The molecule has 0 unspecified atom stereocenters. The van der Waals surface area contributed by atoms with Crippen molar-refractivity contribution in [1.29, 1.82) is 0 Å². The van der Waals surface area contributed by atoms with Crippen LogP contribution in [0.25, 0.3) is 0 Å². The normalized spacial score (nSPS) is 26.7. The Morgan fingerprint density at radius 2 is 1.73 bits per heavy atom. The highest BCUT2D eigenvalue weighted by atomic mass is 16.2. The van der Waals surface area contributed by atoms with Gasteiger partial charge in [0.05, 0.1) is 11.7 Å². The van der Waals surface area contributed by atoms with E-state index in [1.165, 1.54) is 12.8 Å². The minimum absolute atomic E-state index is 0.0640. The van der Waals surface area contributed by atoms with Crippen LogP contribution in [0.3, 0.4) is 0 Å². The molecule has 1 aliphatic carbocycles. The zero-order valence-corrected chi connectivity index (χ0v) is 17.1. The number of piperidine rings is 1. The first-order valence-corrected chi connectivity index (χ1v) is 10.7. The molecule has 3 rings (SSSR count). The molecule has 1 spiro atoms. The van der Waals surface area contributed by atoms with Crippen molar-refractivity contribution in [1.82, 2.24) is 15.1 Å². The Kier molecular flexibility index (Phi) is 5.95. The van der Waals surface area contributed by atoms with Gasteiger partial charge in [-0.15, -0.1) is 0 Å². The summed E-state index contributed by atoms with van der Waals surface area (Å²) in [7, 11) is 0. The molecule has 2 heterocycles. The number of hydrogen-bond acceptors (Lipinski definition) is 3. The van der Waals surface area contributed by atoms with Gasteiger partial charge in [0.1, 0.15) is 0 Å². The summed E-state index contributed by atoms with van der Waals surface area (Å²) >= 11 is 0. The maximum atomic E-state index is 13.1. The molecular formula is C21H37N3O2. The molecule has 26 heavy (non-hydrogen) atoms. The van der Waals surface area contributed by atoms with Crippen LogP contribution in [0.5, 0.6) is 0 Å². The molecule has 2 saturated heterocycles. The number of carbonyl (C=O) groups is 2. The minimum Gasteiger partial charge on any atom is -0.342 e. The molecule has 3 fully saturated rings. The van der Waals surface area contributed by atoms with Crippen LogP contribution in [-0.4, -0.2) is 53.0 Å². The molecule has 2 aliphatic heterocycles. The summed E-state index contributed by atoms with van der Waals surface area (Å²) in [6.45, 7) is 11.1. The van der Waals surface area contributed by atoms with E-state index in [0.717, 1.165) is 51.7 Å². The lowest BCUT2D eigenvalue weighted by Crippen LogP contribution is -2.60. The van der Waals surface area contributed by atoms with Gasteiger partial charge in [-0.05, 0) is 31.1 Å². The zero-order valence-electron chi connectivity index (χ0n) is 17.1. The number of amides is 2. The van der Waals surface area contributed by atoms with E-state index in [9.17, 15) is 9.59 Å². The van der Waals surface area contributed by atoms with Crippen LogP contribution in [0.1, 0.15) is 72.6 Å². The number of hydrogen-bond donors (Lipinski definition) is 1. The molecule has 0 radical (unpaired) electrons. The quantitative estimate of drug-likeness (QED) is 0.817. The van der Waals surface area contributed by atoms with Gasteiger partial charge in [-0.25, -0.2) is 0 Å². The third-order valence-electron chi connectivity index (χ3n) is 6.39. The minimum atomic E-state index is -0.243. The summed E-state index contributed by atoms with van der Waals surface area (Å²) in [6.07, 6.45) is 7.13. The molecule has 5 heteroatoms. The average Bonchev–Trinajstić information content (AvgIpc) is 3.19. The molecule has 1 N–H and O–H groups in total. The van der Waals surface area contributed by atoms with Crippen LogP contribution in [0, 0.1) is 17.8 Å². The van der Waals surface area contributed by atoms with E-state index in [4.69, 9.17) is 0 Å². The van der Waals surface area contributed by atoms with Gasteiger partial charge in [0.2, 0.25) is 11.8 Å². The van der Waals surface area contributed by atoms with Gasteiger partial charge in [-0.1, -0.05) is 40.5 Å². The fraction of sp³-hybridized carbons (Fsp3) is 0.905. The monoisotopic (exact) mass is 363 g/mol. The Bertz CT molecular complexity index is 517. The van der Waals surface area contributed by atoms with Crippen molar-refractivity contribution in [2.75, 3.05) is 19.6 Å². The summed E-state index contributed by atoms with van der Waals surface area (Å²) in [6, 6.07) is -0.0640. The number of likely N-dealkylation sites (tertiary alicyclic amines) is 1. The van der Waals surface area contributed by atoms with E-state index in [0.29, 0.717) is 17.7 Å². The van der Waals surface area contributed by atoms with Crippen LogP contribution < -0.4 is 5.32 Å². The van der Waals surface area contributed by atoms with Gasteiger partial charge >= 0.3 is 0 Å². The Balaban J connectivity index is 1.69. The third-order valence-corrected chi connectivity index (χ3v) is 6.39. The first-order chi connectivity index (χ1) is 12.3. The number of nitrogens with one attached hydrogen (secondary N) is 1. The Morgan fingerprint density at radius 3 is 2.27 bits per heavy atom. The second-order valence-corrected chi connectivity index (χ2v) is 9.51. The second-order valence-electron chi connectivity index (χ2n) is 9.51. The molecule has 148 valence electrons. The summed E-state index contributed by atoms with van der Waals surface area (Å²) in [5.74, 6) is 1.83. The Labute approximate surface area is 158 Å². The van der Waals surface area contributed by atoms with E-state index in [-0.39, 0.29) is 23.5 Å². The van der Waals surface area contributed by atoms with Gasteiger partial charge in [0.15, 0.2) is 0 Å². The van der Waals surface area contributed by atoms with Crippen molar-refractivity contribution in [3.05, 3.63) is 0 Å². The van der Waals surface area contributed by atoms with Gasteiger partial charge in [0, 0.05) is 38.4 Å². The van der Waals surface area contributed by atoms with Gasteiger partial charge < -0.3 is 9.80 Å². The molecule has 0 aromatic carbocycles. The van der Waals surface area contributed by atoms with E-state index >= 15 is 0 Å². The second kappa shape index (κ2) is 7.87. The third kappa shape index (κ3) is 3.92. The highest BCUT2D eigenvalue weighted by Crippen LogP contribution is 2.36. The highest BCUT2D eigenvalue weighted by molar-refractivity contribution is 5.85. The molecule has 2 amide bonds. The predicted molar refractivity (Wildman–Crippen MR) is 103 cm³/mol. The fourth-order valence-corrected chi connectivity index (χ4v) is 5.07. The van der Waals surface area contributed by atoms with Crippen LogP contribution in [0.2, 0.25) is 0 Å². The highest BCUT2D eigenvalue weighted by Gasteiger charge is 2.51. The molecule has 1 saturated carbocycles. The van der Waals surface area contributed by atoms with Crippen molar-refractivity contribution in [3.63, 3.8) is 0 Å². The topological polar surface area (TPSA) is 52.7 Å². The molecule has 0 aromatic rings. The average molecular weight is 364 g/mol. The molecule has 1 atom stereocenters. The summed E-state index contributed by atoms with van der Waals surface area (Å²) in [5, 5.41) is 3.71. The smallest absolute Gasteiger partial charge is 0.241 e. The largest absolute Gasteiger partial charge is 0.342 e. The number of nitrogens with zero attached hydrogens (tertiary/aromatic N) is 2. The summed E-state index contributed by atoms with van der Waals surface area (Å²) in [5.41, 5.74) is -0.243. The van der Waals surface area contributed by atoms with E-state index in [1.807, 2.05) is 0 Å². The molecule has 3 aliphatic rings. The Hall–Kier alpha value is -1.10. The molecule has 0 bridgehead atoms. The van der Waals surface area contributed by atoms with E-state index < -0.39 is 0 Å². The SMILES string of the molecule is CC(C)C[C@@H]1NC2(CCN(C(=O)C3CCCC3)CC2)N(CC(C)C)C1=O. The first kappa shape index (κ1) is 19.7. The van der Waals surface area contributed by atoms with Gasteiger partial charge in [-0.2, -0.15) is 0 Å². The van der Waals surface area contributed by atoms with Crippen LogP contribution >= 0.6 is 0 Å². The zero-order chi connectivity index (χ0) is 18.9. The standard InChI is InChI=1S/C21H37N3O2/c1-15(2)13-18-20(26)24(14-16(3)4)21(22-18)9-11-23(12-10-21)19(25)17-7-5-6-8-17/h15-18,22H,5-14H2,1-4H3/t18-/m0/s1. The lowest BCUT2D eigenvalue weighted by Gasteiger charge is -2.45. The molecule has 0 aromatic heterocycles. The van der Waals surface area contributed by atoms with E-state index in [1.54, 1.807) is 0 Å². The molecule has 5 nitrogen and oxygen atoms in total. The summed E-state index contributed by atoms with van der Waals surface area (Å²) < 4.78 is 0. The lowest BCUT2D eigenvalue weighted by atomic mass is 9.93. The van der Waals surface area contributed by atoms with Crippen molar-refractivity contribution < 1.29 is 9.59 Å². The number of rotatable bonds is 5. The van der Waals surface area contributed by atoms with Crippen molar-refractivity contribution in [2.24, 2.45) is 17.8 Å². The van der Waals surface area contributed by atoms with Crippen LogP contribution in [0.4, 0.5) is 0 Å². The van der Waals surface area contributed by atoms with Crippen molar-refractivity contribution >= 4 is 11.8 Å². The van der Waals surface area contributed by atoms with E-state index in [2.05, 4.69) is 42.8 Å². The lowest BCUT2D eigenvalue weighted by molar-refractivity contribution is -0.140. The maximum absolute atomic E-state index is 13.1. The predicted octanol–water partition coefficient (Wildman–Crippen LogP) is 3.00. The van der Waals surface area contributed by atoms with Gasteiger partial charge in [0.25, 0.3) is 0 Å². The number of carbonyl (C=O) groups excluding carboxylic acids is 2. The Morgan fingerprint density at radius 1 is 1.12 bits per heavy atom. The van der Waals surface area contributed by atoms with Crippen molar-refractivity contribution in [2.45, 2.75) is 84.3 Å². The van der Waals surface area contributed by atoms with Gasteiger partial charge in [-0.3, -0.25) is 14.9 Å². The van der Waals surface area contributed by atoms with Crippen LogP contribution in [0.15, 0.2) is 0 Å². The molecular weight excluding hydrogens is 326 g/mol. The van der Waals surface area contributed by atoms with Crippen molar-refractivity contribution in [3.8, 4) is 0 Å². The fourth-order valence-electron chi connectivity index (χ4n) is 5.07. The summed E-state index contributed by atoms with van der Waals surface area (Å²) in [4.78, 5) is 30.0. The maximum Gasteiger partial charge on any atom is 0.241 e. The first-order valence-electron chi connectivity index (χ1n) is 10.7. The van der Waals surface area contributed by atoms with Crippen LogP contribution in [-0.2, 0) is 9.59 Å².